The number of aryl methyl sites for hydroxylation is 2. The fourth-order valence-electron chi connectivity index (χ4n) is 6.04. The van der Waals surface area contributed by atoms with E-state index in [0.717, 1.165) is 60.9 Å². The molecule has 1 aliphatic heterocycles. The Bertz CT molecular complexity index is 1560. The second kappa shape index (κ2) is 10.1. The minimum Gasteiger partial charge on any atom is -0.482 e. The number of aliphatic carboxylic acids is 1. The molecule has 0 atom stereocenters. The Labute approximate surface area is 231 Å². The first-order valence-corrected chi connectivity index (χ1v) is 14.6. The van der Waals surface area contributed by atoms with Gasteiger partial charge in [-0.3, -0.25) is 4.31 Å². The van der Waals surface area contributed by atoms with Gasteiger partial charge in [-0.25, -0.2) is 13.2 Å². The molecule has 1 fully saturated rings. The Kier molecular flexibility index (Phi) is 7.10. The van der Waals surface area contributed by atoms with Crippen LogP contribution in [0.4, 0.5) is 18.9 Å². The highest BCUT2D eigenvalue weighted by Crippen LogP contribution is 2.53. The maximum Gasteiger partial charge on any atom is 0.416 e. The number of anilines is 1. The van der Waals surface area contributed by atoms with Crippen molar-refractivity contribution >= 4 is 21.7 Å². The Hall–Kier alpha value is -3.53. The molecule has 1 saturated carbocycles. The molecule has 10 heteroatoms. The highest BCUT2D eigenvalue weighted by molar-refractivity contribution is 7.92. The van der Waals surface area contributed by atoms with Gasteiger partial charge < -0.3 is 9.84 Å². The lowest BCUT2D eigenvalue weighted by molar-refractivity contribution is -0.139. The minimum atomic E-state index is -4.42. The van der Waals surface area contributed by atoms with E-state index in [9.17, 15) is 26.4 Å². The first-order valence-electron chi connectivity index (χ1n) is 13.1. The predicted molar refractivity (Wildman–Crippen MR) is 145 cm³/mol. The Morgan fingerprint density at radius 2 is 1.62 bits per heavy atom. The Morgan fingerprint density at radius 1 is 0.950 bits per heavy atom. The summed E-state index contributed by atoms with van der Waals surface area (Å²) >= 11 is 0. The van der Waals surface area contributed by atoms with Crippen LogP contribution in [0.15, 0.2) is 59.5 Å². The highest BCUT2D eigenvalue weighted by Gasteiger charge is 2.48. The monoisotopic (exact) mass is 573 g/mol. The fourth-order valence-corrected chi connectivity index (χ4v) is 7.76. The highest BCUT2D eigenvalue weighted by atomic mass is 32.2. The van der Waals surface area contributed by atoms with Crippen LogP contribution in [0.5, 0.6) is 5.75 Å². The van der Waals surface area contributed by atoms with Gasteiger partial charge >= 0.3 is 12.1 Å². The molecule has 3 aromatic rings. The summed E-state index contributed by atoms with van der Waals surface area (Å²) in [7, 11) is -3.98. The van der Waals surface area contributed by atoms with Gasteiger partial charge in [-0.1, -0.05) is 31.4 Å². The zero-order valence-corrected chi connectivity index (χ0v) is 23.0. The van der Waals surface area contributed by atoms with E-state index in [2.05, 4.69) is 0 Å². The maximum absolute atomic E-state index is 14.1. The number of carboxylic acids is 1. The third-order valence-electron chi connectivity index (χ3n) is 8.01. The molecule has 0 unspecified atom stereocenters. The lowest BCUT2D eigenvalue weighted by atomic mass is 9.70. The number of carbonyl (C=O) groups is 1. The lowest BCUT2D eigenvalue weighted by Crippen LogP contribution is -2.38. The number of hydrogen-bond donors (Lipinski definition) is 1. The zero-order valence-electron chi connectivity index (χ0n) is 22.2. The third-order valence-corrected chi connectivity index (χ3v) is 9.75. The quantitative estimate of drug-likeness (QED) is 0.348. The summed E-state index contributed by atoms with van der Waals surface area (Å²) in [6.45, 7) is 3.26. The Balaban J connectivity index is 1.57. The third kappa shape index (κ3) is 5.05. The van der Waals surface area contributed by atoms with Gasteiger partial charge in [0.1, 0.15) is 5.75 Å². The zero-order chi connectivity index (χ0) is 28.9. The normalized spacial score (nSPS) is 16.7. The molecule has 0 saturated heterocycles. The Morgan fingerprint density at radius 3 is 2.23 bits per heavy atom. The number of carboxylic acid groups (broad SMARTS) is 1. The van der Waals surface area contributed by atoms with Crippen LogP contribution in [0.3, 0.4) is 0 Å². The second-order valence-electron chi connectivity index (χ2n) is 10.7. The molecule has 6 nitrogen and oxygen atoms in total. The van der Waals surface area contributed by atoms with E-state index >= 15 is 0 Å². The van der Waals surface area contributed by atoms with Crippen molar-refractivity contribution in [1.82, 2.24) is 0 Å². The summed E-state index contributed by atoms with van der Waals surface area (Å²) in [6, 6.07) is 13.2. The largest absolute Gasteiger partial charge is 0.482 e. The molecule has 1 spiro atoms. The number of ether oxygens (including phenoxy) is 1. The van der Waals surface area contributed by atoms with E-state index in [-0.39, 0.29) is 16.9 Å². The SMILES string of the molecule is Cc1cc(S(=O)(=O)N2CC3(CCCCC3)c3cc(-c4ccc(C(F)(F)F)cc4)cc(C)c32)ccc1OCC(=O)O. The van der Waals surface area contributed by atoms with Gasteiger partial charge in [0.05, 0.1) is 16.1 Å². The van der Waals surface area contributed by atoms with Crippen molar-refractivity contribution in [3.63, 3.8) is 0 Å². The average molecular weight is 574 g/mol. The molecule has 1 aliphatic carbocycles. The van der Waals surface area contributed by atoms with Crippen molar-refractivity contribution in [2.45, 2.75) is 62.4 Å². The second-order valence-corrected chi connectivity index (χ2v) is 12.6. The topological polar surface area (TPSA) is 83.9 Å². The standard InChI is InChI=1S/C30H30F3NO5S/c1-19-15-24(10-11-26(19)39-17-27(35)36)40(37,38)34-18-29(12-4-3-5-13-29)25-16-22(14-20(2)28(25)34)21-6-8-23(9-7-21)30(31,32)33/h6-11,14-16H,3-5,12-13,17-18H2,1-2H3,(H,35,36). The summed E-state index contributed by atoms with van der Waals surface area (Å²) in [5.41, 5.74) is 3.08. The summed E-state index contributed by atoms with van der Waals surface area (Å²) in [4.78, 5) is 11.0. The number of sulfonamides is 1. The summed E-state index contributed by atoms with van der Waals surface area (Å²) in [5, 5.41) is 8.90. The van der Waals surface area contributed by atoms with Gasteiger partial charge in [-0.15, -0.1) is 0 Å². The number of fused-ring (bicyclic) bond motifs is 2. The van der Waals surface area contributed by atoms with Crippen LogP contribution in [-0.2, 0) is 26.4 Å². The van der Waals surface area contributed by atoms with E-state index < -0.39 is 34.3 Å². The molecule has 2 aliphatic rings. The number of rotatable bonds is 6. The summed E-state index contributed by atoms with van der Waals surface area (Å²) in [6.07, 6.45) is 0.216. The molecule has 3 aromatic carbocycles. The van der Waals surface area contributed by atoms with Crippen LogP contribution in [0.25, 0.3) is 11.1 Å². The van der Waals surface area contributed by atoms with E-state index in [1.54, 1.807) is 6.92 Å². The van der Waals surface area contributed by atoms with Gasteiger partial charge in [0.15, 0.2) is 6.61 Å². The van der Waals surface area contributed by atoms with E-state index in [1.807, 2.05) is 19.1 Å². The van der Waals surface area contributed by atoms with Crippen LogP contribution < -0.4 is 9.04 Å². The molecule has 0 radical (unpaired) electrons. The average Bonchev–Trinajstić information content (AvgIpc) is 3.22. The van der Waals surface area contributed by atoms with E-state index in [4.69, 9.17) is 9.84 Å². The van der Waals surface area contributed by atoms with E-state index in [1.165, 1.54) is 34.6 Å². The minimum absolute atomic E-state index is 0.0812. The first-order chi connectivity index (χ1) is 18.8. The molecule has 40 heavy (non-hydrogen) atoms. The number of benzene rings is 3. The molecule has 0 amide bonds. The van der Waals surface area contributed by atoms with Gasteiger partial charge in [0, 0.05) is 12.0 Å². The number of alkyl halides is 3. The molecule has 5 rings (SSSR count). The molecular weight excluding hydrogens is 543 g/mol. The number of hydrogen-bond acceptors (Lipinski definition) is 4. The van der Waals surface area contributed by atoms with Crippen molar-refractivity contribution in [2.24, 2.45) is 0 Å². The lowest BCUT2D eigenvalue weighted by Gasteiger charge is -2.34. The van der Waals surface area contributed by atoms with E-state index in [0.29, 0.717) is 22.6 Å². The summed E-state index contributed by atoms with van der Waals surface area (Å²) in [5.74, 6) is -0.835. The summed E-state index contributed by atoms with van der Waals surface area (Å²) < 4.78 is 74.3. The molecular formula is C30H30F3NO5S. The van der Waals surface area contributed by atoms with Crippen molar-refractivity contribution in [1.29, 1.82) is 0 Å². The number of halogens is 3. The fraction of sp³-hybridized carbons (Fsp3) is 0.367. The molecule has 0 bridgehead atoms. The van der Waals surface area contributed by atoms with Crippen molar-refractivity contribution in [3.05, 3.63) is 76.9 Å². The molecule has 212 valence electrons. The number of nitrogens with zero attached hydrogens (tertiary/aromatic N) is 1. The van der Waals surface area contributed by atoms with Gasteiger partial charge in [0.25, 0.3) is 10.0 Å². The van der Waals surface area contributed by atoms with Gasteiger partial charge in [-0.05, 0) is 97.0 Å². The molecule has 1 heterocycles. The van der Waals surface area contributed by atoms with Gasteiger partial charge in [-0.2, -0.15) is 13.2 Å². The predicted octanol–water partition coefficient (Wildman–Crippen LogP) is 6.86. The maximum atomic E-state index is 14.1. The van der Waals surface area contributed by atoms with Crippen LogP contribution in [0.1, 0.15) is 54.4 Å². The van der Waals surface area contributed by atoms with Crippen LogP contribution >= 0.6 is 0 Å². The van der Waals surface area contributed by atoms with Crippen molar-refractivity contribution in [2.75, 3.05) is 17.5 Å². The van der Waals surface area contributed by atoms with Crippen LogP contribution in [0.2, 0.25) is 0 Å². The first kappa shape index (κ1) is 28.0. The van der Waals surface area contributed by atoms with Crippen molar-refractivity contribution < 1.29 is 36.2 Å². The van der Waals surface area contributed by atoms with Crippen molar-refractivity contribution in [3.8, 4) is 16.9 Å². The van der Waals surface area contributed by atoms with Gasteiger partial charge in [0.2, 0.25) is 0 Å². The smallest absolute Gasteiger partial charge is 0.416 e. The molecule has 1 N–H and O–H groups in total. The molecule has 0 aromatic heterocycles. The van der Waals surface area contributed by atoms with Crippen LogP contribution in [-0.4, -0.2) is 32.6 Å². The van der Waals surface area contributed by atoms with Crippen LogP contribution in [0, 0.1) is 13.8 Å².